The summed E-state index contributed by atoms with van der Waals surface area (Å²) in [5.41, 5.74) is 2.50. The number of aromatic nitrogens is 1. The minimum atomic E-state index is -5.08. The molecule has 1 aromatic carbocycles. The highest BCUT2D eigenvalue weighted by atomic mass is 19.4. The number of halogens is 3. The Morgan fingerprint density at radius 3 is 2.50 bits per heavy atom. The third-order valence-corrected chi connectivity index (χ3v) is 4.03. The van der Waals surface area contributed by atoms with Crippen molar-refractivity contribution in [1.82, 2.24) is 10.3 Å². The summed E-state index contributed by atoms with van der Waals surface area (Å²) in [6.07, 6.45) is 0.283. The van der Waals surface area contributed by atoms with Gasteiger partial charge in [0.25, 0.3) is 0 Å². The largest absolute Gasteiger partial charge is 0.490 e. The number of H-pyrrole nitrogens is 1. The smallest absolute Gasteiger partial charge is 0.475 e. The fraction of sp³-hybridized carbons (Fsp3) is 0.474. The molecule has 2 aromatic rings. The summed E-state index contributed by atoms with van der Waals surface area (Å²) in [5.74, 6) is -2.85. The number of hydrogen-bond acceptors (Lipinski definition) is 4. The number of benzene rings is 1. The third-order valence-electron chi connectivity index (χ3n) is 4.03. The zero-order valence-electron chi connectivity index (χ0n) is 15.8. The van der Waals surface area contributed by atoms with Gasteiger partial charge in [-0.05, 0) is 44.9 Å². The average molecular weight is 402 g/mol. The van der Waals surface area contributed by atoms with E-state index in [4.69, 9.17) is 14.6 Å². The average Bonchev–Trinajstić information content (AvgIpc) is 3.04. The lowest BCUT2D eigenvalue weighted by atomic mass is 10.0. The maximum atomic E-state index is 11.4. The van der Waals surface area contributed by atoms with Gasteiger partial charge in [-0.15, -0.1) is 0 Å². The highest BCUT2D eigenvalue weighted by molar-refractivity contribution is 5.83. The van der Waals surface area contributed by atoms with Gasteiger partial charge in [0.2, 0.25) is 0 Å². The first-order valence-electron chi connectivity index (χ1n) is 8.87. The van der Waals surface area contributed by atoms with E-state index in [9.17, 15) is 18.0 Å². The van der Waals surface area contributed by atoms with Crippen molar-refractivity contribution in [3.63, 3.8) is 0 Å². The lowest BCUT2D eigenvalue weighted by molar-refractivity contribution is -0.192. The Morgan fingerprint density at radius 1 is 1.29 bits per heavy atom. The molecular formula is C19H25F3N2O4. The van der Waals surface area contributed by atoms with Gasteiger partial charge in [0.1, 0.15) is 0 Å². The van der Waals surface area contributed by atoms with Crippen LogP contribution in [-0.4, -0.2) is 47.9 Å². The maximum Gasteiger partial charge on any atom is 0.490 e. The van der Waals surface area contributed by atoms with Crippen LogP contribution >= 0.6 is 0 Å². The standard InChI is InChI=1S/C17H24N2O2.C2HF3O2/c1-3-21-17(20)10-6-7-14(18-2)11-13-12-19-16-9-5-4-8-15(13)16;3-2(4,5)1(6)7/h4-5,8-9,12,14,18-19H,3,6-7,10-11H2,1-2H3;(H,6,7). The van der Waals surface area contributed by atoms with Crippen molar-refractivity contribution in [3.05, 3.63) is 36.0 Å². The number of alkyl halides is 3. The number of hydrogen-bond donors (Lipinski definition) is 3. The van der Waals surface area contributed by atoms with Crippen molar-refractivity contribution in [1.29, 1.82) is 0 Å². The number of aromatic amines is 1. The van der Waals surface area contributed by atoms with Gasteiger partial charge in [0.15, 0.2) is 0 Å². The fourth-order valence-corrected chi connectivity index (χ4v) is 2.64. The predicted octanol–water partition coefficient (Wildman–Crippen LogP) is 3.67. The van der Waals surface area contributed by atoms with Gasteiger partial charge in [-0.2, -0.15) is 13.2 Å². The minimum absolute atomic E-state index is 0.0977. The van der Waals surface area contributed by atoms with E-state index in [0.717, 1.165) is 19.3 Å². The summed E-state index contributed by atoms with van der Waals surface area (Å²) in [4.78, 5) is 23.6. The Bertz CT molecular complexity index is 759. The van der Waals surface area contributed by atoms with Crippen molar-refractivity contribution < 1.29 is 32.6 Å². The molecule has 28 heavy (non-hydrogen) atoms. The lowest BCUT2D eigenvalue weighted by Crippen LogP contribution is -2.27. The molecule has 1 aromatic heterocycles. The lowest BCUT2D eigenvalue weighted by Gasteiger charge is -2.15. The van der Waals surface area contributed by atoms with Crippen LogP contribution in [0.2, 0.25) is 0 Å². The van der Waals surface area contributed by atoms with Crippen LogP contribution in [-0.2, 0) is 20.7 Å². The molecule has 156 valence electrons. The summed E-state index contributed by atoms with van der Waals surface area (Å²) in [6, 6.07) is 8.71. The zero-order chi connectivity index (χ0) is 21.2. The Balaban J connectivity index is 0.000000480. The summed E-state index contributed by atoms with van der Waals surface area (Å²) < 4.78 is 36.7. The SMILES string of the molecule is CCOC(=O)CCCC(Cc1c[nH]c2ccccc12)NC.O=C(O)C(F)(F)F. The number of carboxylic acids is 1. The van der Waals surface area contributed by atoms with E-state index in [2.05, 4.69) is 34.7 Å². The molecule has 0 spiro atoms. The van der Waals surface area contributed by atoms with Crippen molar-refractivity contribution in [3.8, 4) is 0 Å². The van der Waals surface area contributed by atoms with Crippen LogP contribution < -0.4 is 5.32 Å². The Kier molecular flexibility index (Phi) is 9.50. The zero-order valence-corrected chi connectivity index (χ0v) is 15.8. The number of esters is 1. The molecule has 6 nitrogen and oxygen atoms in total. The van der Waals surface area contributed by atoms with E-state index in [0.29, 0.717) is 19.1 Å². The number of para-hydroxylation sites is 1. The van der Waals surface area contributed by atoms with Crippen LogP contribution in [0.5, 0.6) is 0 Å². The second kappa shape index (κ2) is 11.3. The molecule has 1 unspecified atom stereocenters. The molecule has 0 aliphatic rings. The van der Waals surface area contributed by atoms with Crippen molar-refractivity contribution >= 4 is 22.8 Å². The maximum absolute atomic E-state index is 11.4. The summed E-state index contributed by atoms with van der Waals surface area (Å²) in [6.45, 7) is 2.30. The molecule has 0 aliphatic heterocycles. The first-order chi connectivity index (χ1) is 13.2. The second-order valence-electron chi connectivity index (χ2n) is 6.05. The monoisotopic (exact) mass is 402 g/mol. The number of rotatable bonds is 8. The summed E-state index contributed by atoms with van der Waals surface area (Å²) in [5, 5.41) is 11.8. The normalized spacial score (nSPS) is 12.2. The van der Waals surface area contributed by atoms with E-state index in [-0.39, 0.29) is 5.97 Å². The predicted molar refractivity (Wildman–Crippen MR) is 99.0 cm³/mol. The van der Waals surface area contributed by atoms with Crippen LogP contribution in [0.1, 0.15) is 31.7 Å². The molecule has 9 heteroatoms. The Morgan fingerprint density at radius 2 is 1.93 bits per heavy atom. The quantitative estimate of drug-likeness (QED) is 0.586. The molecular weight excluding hydrogens is 377 g/mol. The van der Waals surface area contributed by atoms with Crippen LogP contribution in [0.3, 0.4) is 0 Å². The molecule has 0 amide bonds. The Labute approximate surface area is 161 Å². The molecule has 1 atom stereocenters. The van der Waals surface area contributed by atoms with E-state index < -0.39 is 12.1 Å². The van der Waals surface area contributed by atoms with Crippen molar-refractivity contribution in [2.75, 3.05) is 13.7 Å². The van der Waals surface area contributed by atoms with Crippen LogP contribution in [0, 0.1) is 0 Å². The Hall–Kier alpha value is -2.55. The number of carboxylic acid groups (broad SMARTS) is 1. The van der Waals surface area contributed by atoms with E-state index in [1.807, 2.05) is 20.0 Å². The molecule has 0 saturated carbocycles. The molecule has 0 radical (unpaired) electrons. The van der Waals surface area contributed by atoms with Crippen LogP contribution in [0.15, 0.2) is 30.5 Å². The fourth-order valence-electron chi connectivity index (χ4n) is 2.64. The summed E-state index contributed by atoms with van der Waals surface area (Å²) in [7, 11) is 1.98. The van der Waals surface area contributed by atoms with Gasteiger partial charge >= 0.3 is 18.1 Å². The van der Waals surface area contributed by atoms with Crippen molar-refractivity contribution in [2.24, 2.45) is 0 Å². The molecule has 0 fully saturated rings. The van der Waals surface area contributed by atoms with Gasteiger partial charge < -0.3 is 20.1 Å². The first kappa shape index (κ1) is 23.5. The highest BCUT2D eigenvalue weighted by Gasteiger charge is 2.38. The number of nitrogens with one attached hydrogen (secondary N) is 2. The number of fused-ring (bicyclic) bond motifs is 1. The molecule has 1 heterocycles. The number of ether oxygens (including phenoxy) is 1. The molecule has 2 rings (SSSR count). The van der Waals surface area contributed by atoms with Gasteiger partial charge in [-0.3, -0.25) is 4.79 Å². The van der Waals surface area contributed by atoms with Crippen LogP contribution in [0.4, 0.5) is 13.2 Å². The highest BCUT2D eigenvalue weighted by Crippen LogP contribution is 2.20. The van der Waals surface area contributed by atoms with Gasteiger partial charge in [-0.25, -0.2) is 4.79 Å². The van der Waals surface area contributed by atoms with Gasteiger partial charge in [0.05, 0.1) is 6.61 Å². The van der Waals surface area contributed by atoms with Gasteiger partial charge in [0, 0.05) is 29.6 Å². The van der Waals surface area contributed by atoms with E-state index in [1.165, 1.54) is 16.5 Å². The molecule has 0 aliphatic carbocycles. The minimum Gasteiger partial charge on any atom is -0.475 e. The van der Waals surface area contributed by atoms with Gasteiger partial charge in [-0.1, -0.05) is 18.2 Å². The number of likely N-dealkylation sites (N-methyl/N-ethyl adjacent to an activating group) is 1. The molecule has 3 N–H and O–H groups in total. The number of aliphatic carboxylic acids is 1. The number of carbonyl (C=O) groups excluding carboxylic acids is 1. The topological polar surface area (TPSA) is 91.4 Å². The molecule has 0 saturated heterocycles. The number of carbonyl (C=O) groups is 2. The first-order valence-corrected chi connectivity index (χ1v) is 8.87. The van der Waals surface area contributed by atoms with E-state index >= 15 is 0 Å². The summed E-state index contributed by atoms with van der Waals surface area (Å²) >= 11 is 0. The van der Waals surface area contributed by atoms with Crippen molar-refractivity contribution in [2.45, 2.75) is 44.8 Å². The second-order valence-corrected chi connectivity index (χ2v) is 6.05. The van der Waals surface area contributed by atoms with E-state index in [1.54, 1.807) is 0 Å². The molecule has 0 bridgehead atoms. The third kappa shape index (κ3) is 7.99. The van der Waals surface area contributed by atoms with Crippen LogP contribution in [0.25, 0.3) is 10.9 Å².